The second-order valence-electron chi connectivity index (χ2n) is 8.71. The van der Waals surface area contributed by atoms with Gasteiger partial charge in [0.15, 0.2) is 0 Å². The molecule has 0 N–H and O–H groups in total. The molecule has 4 nitrogen and oxygen atoms in total. The maximum Gasteiger partial charge on any atom is 1.00 e. The van der Waals surface area contributed by atoms with Gasteiger partial charge in [0, 0.05) is 0 Å². The molecular formula is C24H49K2O4P. The van der Waals surface area contributed by atoms with Gasteiger partial charge >= 0.3 is 103 Å². The summed E-state index contributed by atoms with van der Waals surface area (Å²) < 4.78 is 14.5. The minimum absolute atomic E-state index is 0. The summed E-state index contributed by atoms with van der Waals surface area (Å²) in [5, 5.41) is 0. The van der Waals surface area contributed by atoms with Crippen molar-refractivity contribution in [1.82, 2.24) is 0 Å². The Balaban J connectivity index is -0.00000392. The molecule has 0 spiro atoms. The van der Waals surface area contributed by atoms with Gasteiger partial charge < -0.3 is 18.9 Å². The van der Waals surface area contributed by atoms with Crippen molar-refractivity contribution >= 4 is 7.82 Å². The third-order valence-corrected chi connectivity index (χ3v) is 6.25. The van der Waals surface area contributed by atoms with E-state index in [1.807, 2.05) is 0 Å². The molecule has 0 aliphatic heterocycles. The Bertz CT molecular complexity index is 367. The third-order valence-electron chi connectivity index (χ3n) is 5.75. The average molecular weight is 511 g/mol. The Labute approximate surface area is 279 Å². The molecule has 176 valence electrons. The Hall–Kier alpha value is 3.38. The maximum absolute atomic E-state index is 10.3. The van der Waals surface area contributed by atoms with Crippen LogP contribution in [0.4, 0.5) is 0 Å². The SMILES string of the molecule is CCCCCCCCCCCCCCCCCCCCCCCCOP(=O)([O-])[O-].[K+].[K+]. The van der Waals surface area contributed by atoms with Gasteiger partial charge in [-0.3, -0.25) is 0 Å². The molecule has 7 heteroatoms. The van der Waals surface area contributed by atoms with Crippen molar-refractivity contribution in [3.05, 3.63) is 0 Å². The van der Waals surface area contributed by atoms with Gasteiger partial charge in [0.25, 0.3) is 0 Å². The molecule has 0 aliphatic carbocycles. The second-order valence-corrected chi connectivity index (χ2v) is 9.86. The molecule has 0 aromatic rings. The number of unbranched alkanes of at least 4 members (excludes halogenated alkanes) is 21. The van der Waals surface area contributed by atoms with E-state index in [0.29, 0.717) is 6.42 Å². The maximum atomic E-state index is 10.3. The fraction of sp³-hybridized carbons (Fsp3) is 1.00. The van der Waals surface area contributed by atoms with Crippen molar-refractivity contribution < 1.29 is 122 Å². The van der Waals surface area contributed by atoms with Crippen LogP contribution >= 0.6 is 7.82 Å². The first-order valence-corrected chi connectivity index (χ1v) is 14.2. The van der Waals surface area contributed by atoms with E-state index < -0.39 is 7.82 Å². The fourth-order valence-corrected chi connectivity index (χ4v) is 4.24. The van der Waals surface area contributed by atoms with Gasteiger partial charge in [0.1, 0.15) is 0 Å². The van der Waals surface area contributed by atoms with Crippen molar-refractivity contribution in [3.63, 3.8) is 0 Å². The van der Waals surface area contributed by atoms with Gasteiger partial charge in [-0.1, -0.05) is 142 Å². The van der Waals surface area contributed by atoms with E-state index >= 15 is 0 Å². The van der Waals surface area contributed by atoms with E-state index in [4.69, 9.17) is 0 Å². The predicted octanol–water partition coefficient (Wildman–Crippen LogP) is 1.44. The van der Waals surface area contributed by atoms with Crippen LogP contribution in [0.5, 0.6) is 0 Å². The Kier molecular flexibility index (Phi) is 39.4. The molecule has 0 heterocycles. The van der Waals surface area contributed by atoms with E-state index in [1.165, 1.54) is 122 Å². The Morgan fingerprint density at radius 1 is 0.484 bits per heavy atom. The van der Waals surface area contributed by atoms with E-state index in [2.05, 4.69) is 11.4 Å². The third kappa shape index (κ3) is 38.1. The fourth-order valence-electron chi connectivity index (χ4n) is 3.89. The van der Waals surface area contributed by atoms with Gasteiger partial charge in [0.2, 0.25) is 0 Å². The van der Waals surface area contributed by atoms with E-state index in [1.54, 1.807) is 0 Å². The van der Waals surface area contributed by atoms with Crippen molar-refractivity contribution in [2.75, 3.05) is 6.61 Å². The number of hydrogen-bond donors (Lipinski definition) is 0. The smallest absolute Gasteiger partial charge is 0.790 e. The van der Waals surface area contributed by atoms with Crippen LogP contribution in [0, 0.1) is 0 Å². The molecule has 0 saturated heterocycles. The molecule has 31 heavy (non-hydrogen) atoms. The molecule has 0 atom stereocenters. The molecule has 0 radical (unpaired) electrons. The van der Waals surface area contributed by atoms with E-state index in [9.17, 15) is 14.4 Å². The number of rotatable bonds is 24. The summed E-state index contributed by atoms with van der Waals surface area (Å²) in [4.78, 5) is 20.6. The van der Waals surface area contributed by atoms with E-state index in [0.717, 1.165) is 12.8 Å². The first kappa shape index (κ1) is 38.9. The molecule has 0 fully saturated rings. The van der Waals surface area contributed by atoms with Crippen LogP contribution in [0.1, 0.15) is 148 Å². The monoisotopic (exact) mass is 510 g/mol. The van der Waals surface area contributed by atoms with E-state index in [-0.39, 0.29) is 109 Å². The Morgan fingerprint density at radius 2 is 0.710 bits per heavy atom. The molecule has 0 bridgehead atoms. The van der Waals surface area contributed by atoms with Crippen LogP contribution in [0.25, 0.3) is 0 Å². The number of phosphoric acid groups is 1. The zero-order valence-electron chi connectivity index (χ0n) is 21.3. The summed E-state index contributed by atoms with van der Waals surface area (Å²) >= 11 is 0. The molecule has 0 saturated carbocycles. The summed E-state index contributed by atoms with van der Waals surface area (Å²) in [5.41, 5.74) is 0. The minimum Gasteiger partial charge on any atom is -0.790 e. The summed E-state index contributed by atoms with van der Waals surface area (Å²) in [5.74, 6) is 0. The van der Waals surface area contributed by atoms with Gasteiger partial charge in [-0.2, -0.15) is 0 Å². The van der Waals surface area contributed by atoms with Gasteiger partial charge in [-0.05, 0) is 6.42 Å². The normalized spacial score (nSPS) is 11.2. The molecular weight excluding hydrogens is 461 g/mol. The quantitative estimate of drug-likeness (QED) is 0.112. The van der Waals surface area contributed by atoms with Crippen LogP contribution < -0.4 is 113 Å². The first-order valence-electron chi connectivity index (χ1n) is 12.7. The predicted molar refractivity (Wildman–Crippen MR) is 121 cm³/mol. The second kappa shape index (κ2) is 31.4. The van der Waals surface area contributed by atoms with Crippen molar-refractivity contribution in [3.8, 4) is 0 Å². The van der Waals surface area contributed by atoms with Crippen molar-refractivity contribution in [2.24, 2.45) is 0 Å². The van der Waals surface area contributed by atoms with Gasteiger partial charge in [-0.15, -0.1) is 0 Å². The summed E-state index contributed by atoms with van der Waals surface area (Å²) in [7, 11) is -4.76. The van der Waals surface area contributed by atoms with Crippen LogP contribution in [0.15, 0.2) is 0 Å². The first-order chi connectivity index (χ1) is 14.1. The van der Waals surface area contributed by atoms with Crippen LogP contribution in [-0.4, -0.2) is 6.61 Å². The number of hydrogen-bond acceptors (Lipinski definition) is 4. The standard InChI is InChI=1S/C24H51O4P.2K/c1-2-3-4-5-6-7-8-9-10-11-12-13-14-15-16-17-18-19-20-21-22-23-24-28-29(25,26)27;;/h2-24H2,1H3,(H2,25,26,27);;/q;2*+1/p-2. The van der Waals surface area contributed by atoms with Crippen molar-refractivity contribution in [1.29, 1.82) is 0 Å². The molecule has 0 aromatic carbocycles. The zero-order valence-corrected chi connectivity index (χ0v) is 28.5. The molecule has 0 aromatic heterocycles. The van der Waals surface area contributed by atoms with Crippen LogP contribution in [0.2, 0.25) is 0 Å². The Morgan fingerprint density at radius 3 is 0.935 bits per heavy atom. The molecule has 0 amide bonds. The minimum atomic E-state index is -4.76. The molecule has 0 aliphatic rings. The summed E-state index contributed by atoms with van der Waals surface area (Å²) in [6.07, 6.45) is 29.1. The summed E-state index contributed by atoms with van der Waals surface area (Å²) in [6, 6.07) is 0. The van der Waals surface area contributed by atoms with Gasteiger partial charge in [-0.25, -0.2) is 0 Å². The van der Waals surface area contributed by atoms with Gasteiger partial charge in [0.05, 0.1) is 14.4 Å². The molecule has 0 rings (SSSR count). The summed E-state index contributed by atoms with van der Waals surface area (Å²) in [6.45, 7) is 2.33. The zero-order chi connectivity index (χ0) is 21.5. The van der Waals surface area contributed by atoms with Crippen molar-refractivity contribution in [2.45, 2.75) is 148 Å². The number of phosphoric ester groups is 1. The average Bonchev–Trinajstić information content (AvgIpc) is 2.67. The van der Waals surface area contributed by atoms with Crippen LogP contribution in [0.3, 0.4) is 0 Å². The molecule has 0 unspecified atom stereocenters. The van der Waals surface area contributed by atoms with Crippen LogP contribution in [-0.2, 0) is 9.09 Å². The largest absolute Gasteiger partial charge is 1.00 e. The topological polar surface area (TPSA) is 72.4 Å².